The van der Waals surface area contributed by atoms with E-state index in [1.54, 1.807) is 17.2 Å². The van der Waals surface area contributed by atoms with Crippen LogP contribution < -0.4 is 10.2 Å². The molecule has 1 amide bonds. The third kappa shape index (κ3) is 6.97. The van der Waals surface area contributed by atoms with E-state index in [9.17, 15) is 9.18 Å². The number of amides is 1. The third-order valence-electron chi connectivity index (χ3n) is 6.12. The lowest BCUT2D eigenvalue weighted by Gasteiger charge is -2.36. The molecular formula is C30H34FN5O2. The molecule has 1 N–H and O–H groups in total. The Balaban J connectivity index is 1.38. The van der Waals surface area contributed by atoms with Gasteiger partial charge >= 0.3 is 6.09 Å². The Morgan fingerprint density at radius 1 is 1.13 bits per heavy atom. The first-order valence-corrected chi connectivity index (χ1v) is 12.7. The van der Waals surface area contributed by atoms with Gasteiger partial charge in [-0.25, -0.2) is 9.18 Å². The maximum atomic E-state index is 13.9. The average molecular weight is 516 g/mol. The molecule has 0 saturated carbocycles. The second-order valence-corrected chi connectivity index (χ2v) is 10.1. The molecule has 0 bridgehead atoms. The van der Waals surface area contributed by atoms with Crippen LogP contribution in [0, 0.1) is 5.82 Å². The Kier molecular flexibility index (Phi) is 8.41. The molecule has 1 aliphatic heterocycles. The fourth-order valence-electron chi connectivity index (χ4n) is 4.30. The Hall–Kier alpha value is -4.20. The van der Waals surface area contributed by atoms with Gasteiger partial charge in [-0.05, 0) is 69.5 Å². The van der Waals surface area contributed by atoms with Crippen molar-refractivity contribution in [3.63, 3.8) is 0 Å². The smallest absolute Gasteiger partial charge is 0.410 e. The molecule has 1 heterocycles. The highest BCUT2D eigenvalue weighted by Gasteiger charge is 2.26. The summed E-state index contributed by atoms with van der Waals surface area (Å²) in [7, 11) is 0. The summed E-state index contributed by atoms with van der Waals surface area (Å²) in [6, 6.07) is 14.6. The van der Waals surface area contributed by atoms with Crippen molar-refractivity contribution in [1.82, 2.24) is 4.90 Å². The lowest BCUT2D eigenvalue weighted by molar-refractivity contribution is 0.0240. The number of carbonyl (C=O) groups is 1. The lowest BCUT2D eigenvalue weighted by Crippen LogP contribution is -2.50. The van der Waals surface area contributed by atoms with E-state index in [-0.39, 0.29) is 11.9 Å². The summed E-state index contributed by atoms with van der Waals surface area (Å²) in [5.74, 6) is -0.297. The Morgan fingerprint density at radius 3 is 2.53 bits per heavy atom. The summed E-state index contributed by atoms with van der Waals surface area (Å²) in [5.41, 5.74) is 4.64. The second kappa shape index (κ2) is 11.9. The van der Waals surface area contributed by atoms with Crippen molar-refractivity contribution < 1.29 is 13.9 Å². The largest absolute Gasteiger partial charge is 0.444 e. The number of carbonyl (C=O) groups excluding carboxylic acids is 1. The fraction of sp³-hybridized carbons (Fsp3) is 0.300. The number of piperazine rings is 1. The van der Waals surface area contributed by atoms with E-state index in [4.69, 9.17) is 9.73 Å². The molecule has 0 aromatic heterocycles. The van der Waals surface area contributed by atoms with Crippen molar-refractivity contribution in [2.24, 2.45) is 9.98 Å². The van der Waals surface area contributed by atoms with E-state index in [0.717, 1.165) is 46.9 Å². The fourth-order valence-corrected chi connectivity index (χ4v) is 4.30. The van der Waals surface area contributed by atoms with Gasteiger partial charge in [0.25, 0.3) is 0 Å². The van der Waals surface area contributed by atoms with Crippen LogP contribution in [0.15, 0.2) is 88.5 Å². The van der Waals surface area contributed by atoms with Gasteiger partial charge in [-0.15, -0.1) is 0 Å². The summed E-state index contributed by atoms with van der Waals surface area (Å²) in [6.45, 7) is 12.3. The number of ether oxygens (including phenoxy) is 1. The molecule has 1 aliphatic carbocycles. The van der Waals surface area contributed by atoms with Crippen molar-refractivity contribution in [2.45, 2.75) is 26.4 Å². The molecule has 0 radical (unpaired) electrons. The van der Waals surface area contributed by atoms with Crippen LogP contribution in [0.4, 0.5) is 20.6 Å². The molecule has 1 saturated heterocycles. The molecule has 2 aromatic carbocycles. The van der Waals surface area contributed by atoms with Crippen molar-refractivity contribution in [3.8, 4) is 0 Å². The van der Waals surface area contributed by atoms with Gasteiger partial charge in [-0.1, -0.05) is 30.4 Å². The van der Waals surface area contributed by atoms with Gasteiger partial charge in [0.1, 0.15) is 18.1 Å². The molecule has 0 unspecified atom stereocenters. The normalized spacial score (nSPS) is 17.9. The molecule has 0 atom stereocenters. The van der Waals surface area contributed by atoms with Gasteiger partial charge in [-0.2, -0.15) is 0 Å². The minimum Gasteiger partial charge on any atom is -0.444 e. The van der Waals surface area contributed by atoms with Crippen LogP contribution in [0.25, 0.3) is 5.57 Å². The first kappa shape index (κ1) is 26.9. The van der Waals surface area contributed by atoms with E-state index in [2.05, 4.69) is 34.1 Å². The molecule has 2 aromatic rings. The van der Waals surface area contributed by atoms with Crippen LogP contribution in [0.2, 0.25) is 0 Å². The topological polar surface area (TPSA) is 69.5 Å². The number of hydrogen-bond acceptors (Lipinski definition) is 6. The maximum absolute atomic E-state index is 13.9. The van der Waals surface area contributed by atoms with Gasteiger partial charge in [0.15, 0.2) is 0 Å². The highest BCUT2D eigenvalue weighted by molar-refractivity contribution is 6.33. The van der Waals surface area contributed by atoms with Gasteiger partial charge in [0, 0.05) is 54.9 Å². The van der Waals surface area contributed by atoms with Crippen molar-refractivity contribution in [3.05, 3.63) is 89.9 Å². The number of rotatable bonds is 6. The van der Waals surface area contributed by atoms with Crippen LogP contribution in [0.3, 0.4) is 0 Å². The van der Waals surface area contributed by atoms with Crippen LogP contribution in [0.1, 0.15) is 26.3 Å². The molecule has 198 valence electrons. The van der Waals surface area contributed by atoms with E-state index in [1.807, 2.05) is 57.2 Å². The van der Waals surface area contributed by atoms with Crippen LogP contribution >= 0.6 is 0 Å². The predicted octanol–water partition coefficient (Wildman–Crippen LogP) is 5.93. The van der Waals surface area contributed by atoms with Gasteiger partial charge in [0.2, 0.25) is 0 Å². The van der Waals surface area contributed by atoms with Gasteiger partial charge < -0.3 is 19.9 Å². The SMILES string of the molecule is C=N/C=C1/C=CC=C(c2cccc(F)c2)C1=NCNc1ccc(N2CCN(C(=O)OC(C)(C)C)CC2)cc1. The number of benzene rings is 2. The number of halogens is 1. The van der Waals surface area contributed by atoms with Crippen LogP contribution in [0.5, 0.6) is 0 Å². The molecule has 8 heteroatoms. The number of anilines is 2. The molecular weight excluding hydrogens is 481 g/mol. The number of nitrogens with zero attached hydrogens (tertiary/aromatic N) is 4. The maximum Gasteiger partial charge on any atom is 0.410 e. The van der Waals surface area contributed by atoms with E-state index in [0.29, 0.717) is 19.8 Å². The predicted molar refractivity (Wildman–Crippen MR) is 154 cm³/mol. The number of allylic oxidation sites excluding steroid dienone is 5. The van der Waals surface area contributed by atoms with E-state index in [1.165, 1.54) is 12.1 Å². The van der Waals surface area contributed by atoms with Crippen molar-refractivity contribution >= 4 is 35.5 Å². The lowest BCUT2D eigenvalue weighted by atomic mass is 9.92. The van der Waals surface area contributed by atoms with Gasteiger partial charge in [-0.3, -0.25) is 9.98 Å². The van der Waals surface area contributed by atoms with E-state index < -0.39 is 5.60 Å². The minimum absolute atomic E-state index is 0.260. The Morgan fingerprint density at radius 2 is 1.87 bits per heavy atom. The van der Waals surface area contributed by atoms with Gasteiger partial charge in [0.05, 0.1) is 5.71 Å². The van der Waals surface area contributed by atoms with Crippen LogP contribution in [-0.4, -0.2) is 61.9 Å². The highest BCUT2D eigenvalue weighted by Crippen LogP contribution is 2.26. The first-order chi connectivity index (χ1) is 18.2. The molecule has 2 aliphatic rings. The summed E-state index contributed by atoms with van der Waals surface area (Å²) >= 11 is 0. The molecule has 1 fully saturated rings. The summed E-state index contributed by atoms with van der Waals surface area (Å²) in [6.07, 6.45) is 7.12. The molecule has 0 spiro atoms. The monoisotopic (exact) mass is 515 g/mol. The Bertz CT molecular complexity index is 1280. The van der Waals surface area contributed by atoms with Crippen LogP contribution in [-0.2, 0) is 4.74 Å². The zero-order valence-corrected chi connectivity index (χ0v) is 22.2. The average Bonchev–Trinajstić information content (AvgIpc) is 2.89. The van der Waals surface area contributed by atoms with E-state index >= 15 is 0 Å². The molecule has 4 rings (SSSR count). The molecule has 7 nitrogen and oxygen atoms in total. The zero-order valence-electron chi connectivity index (χ0n) is 22.2. The number of aliphatic imine (C=N–C) groups is 2. The summed E-state index contributed by atoms with van der Waals surface area (Å²) < 4.78 is 19.4. The summed E-state index contributed by atoms with van der Waals surface area (Å²) in [5, 5.41) is 3.34. The van der Waals surface area contributed by atoms with Crippen molar-refractivity contribution in [1.29, 1.82) is 0 Å². The zero-order chi connectivity index (χ0) is 27.1. The quantitative estimate of drug-likeness (QED) is 0.484. The minimum atomic E-state index is -0.493. The Labute approximate surface area is 223 Å². The standard InChI is InChI=1S/C30H34FN5O2/c1-30(2,3)38-29(37)36-17-15-35(16-18-36)26-13-11-25(12-14-26)33-21-34-28-23(20-32-4)8-6-10-27(28)22-7-5-9-24(31)19-22/h5-14,19-20,33H,4,15-18,21H2,1-3H3/b23-20-,34-28?. The third-order valence-corrected chi connectivity index (χ3v) is 6.12. The number of hydrogen-bond donors (Lipinski definition) is 1. The number of nitrogens with one attached hydrogen (secondary N) is 1. The van der Waals surface area contributed by atoms with Crippen molar-refractivity contribution in [2.75, 3.05) is 43.1 Å². The summed E-state index contributed by atoms with van der Waals surface area (Å²) in [4.78, 5) is 25.0. The second-order valence-electron chi connectivity index (χ2n) is 10.1. The molecule has 38 heavy (non-hydrogen) atoms. The first-order valence-electron chi connectivity index (χ1n) is 12.7. The highest BCUT2D eigenvalue weighted by atomic mass is 19.1.